The van der Waals surface area contributed by atoms with Crippen LogP contribution in [-0.2, 0) is 14.3 Å². The molecule has 3 unspecified atom stereocenters. The molecule has 0 aliphatic heterocycles. The monoisotopic (exact) mass is 286 g/mol. The first-order valence-electron chi connectivity index (χ1n) is 6.83. The molecule has 0 aromatic heterocycles. The lowest BCUT2D eigenvalue weighted by Gasteiger charge is -2.20. The van der Waals surface area contributed by atoms with Gasteiger partial charge in [0, 0.05) is 6.04 Å². The maximum Gasteiger partial charge on any atom is 0.329 e. The maximum absolute atomic E-state index is 11.6. The molecule has 1 fully saturated rings. The lowest BCUT2D eigenvalue weighted by molar-refractivity contribution is -0.143. The highest BCUT2D eigenvalue weighted by molar-refractivity contribution is 5.95. The average molecular weight is 286 g/mol. The fraction of sp³-hybridized carbons (Fsp3) is 0.769. The Morgan fingerprint density at radius 1 is 1.25 bits per heavy atom. The highest BCUT2D eigenvalue weighted by Crippen LogP contribution is 2.33. The van der Waals surface area contributed by atoms with E-state index in [1.165, 1.54) is 0 Å². The SMILES string of the molecule is CCC1CCC(NC(=O)NC(=O)COCC(=O)O)C1C. The predicted molar refractivity (Wildman–Crippen MR) is 71.1 cm³/mol. The van der Waals surface area contributed by atoms with Crippen LogP contribution in [0.5, 0.6) is 0 Å². The van der Waals surface area contributed by atoms with Crippen molar-refractivity contribution in [2.24, 2.45) is 11.8 Å². The highest BCUT2D eigenvalue weighted by atomic mass is 16.5. The first kappa shape index (κ1) is 16.4. The number of urea groups is 1. The number of ether oxygens (including phenoxy) is 1. The van der Waals surface area contributed by atoms with Crippen LogP contribution >= 0.6 is 0 Å². The molecule has 0 saturated heterocycles. The second-order valence-electron chi connectivity index (χ2n) is 5.12. The molecule has 1 rings (SSSR count). The number of rotatable bonds is 6. The molecule has 3 atom stereocenters. The summed E-state index contributed by atoms with van der Waals surface area (Å²) in [4.78, 5) is 33.1. The first-order chi connectivity index (χ1) is 9.43. The lowest BCUT2D eigenvalue weighted by atomic mass is 9.94. The molecule has 0 aromatic rings. The summed E-state index contributed by atoms with van der Waals surface area (Å²) in [5.74, 6) is -0.812. The smallest absolute Gasteiger partial charge is 0.329 e. The summed E-state index contributed by atoms with van der Waals surface area (Å²) in [6.45, 7) is 3.22. The van der Waals surface area contributed by atoms with Crippen molar-refractivity contribution >= 4 is 17.9 Å². The second kappa shape index (κ2) is 7.84. The number of imide groups is 1. The molecule has 0 spiro atoms. The Labute approximate surface area is 118 Å². The van der Waals surface area contributed by atoms with Crippen LogP contribution in [0, 0.1) is 11.8 Å². The Hall–Kier alpha value is -1.63. The number of carbonyl (C=O) groups excluding carboxylic acids is 2. The van der Waals surface area contributed by atoms with Gasteiger partial charge in [0.25, 0.3) is 5.91 Å². The van der Waals surface area contributed by atoms with E-state index in [0.717, 1.165) is 19.3 Å². The van der Waals surface area contributed by atoms with E-state index in [2.05, 4.69) is 29.2 Å². The van der Waals surface area contributed by atoms with Gasteiger partial charge in [-0.3, -0.25) is 10.1 Å². The third-order valence-corrected chi connectivity index (χ3v) is 3.78. The van der Waals surface area contributed by atoms with Crippen molar-refractivity contribution in [1.82, 2.24) is 10.6 Å². The van der Waals surface area contributed by atoms with Gasteiger partial charge in [0.05, 0.1) is 0 Å². The summed E-state index contributed by atoms with van der Waals surface area (Å²) in [6.07, 6.45) is 3.08. The third-order valence-electron chi connectivity index (χ3n) is 3.78. The van der Waals surface area contributed by atoms with E-state index in [0.29, 0.717) is 11.8 Å². The van der Waals surface area contributed by atoms with Gasteiger partial charge in [-0.1, -0.05) is 20.3 Å². The Kier molecular flexibility index (Phi) is 6.44. The fourth-order valence-corrected chi connectivity index (χ4v) is 2.63. The Bertz CT molecular complexity index is 372. The van der Waals surface area contributed by atoms with Crippen LogP contribution in [0.3, 0.4) is 0 Å². The van der Waals surface area contributed by atoms with Gasteiger partial charge in [0.1, 0.15) is 13.2 Å². The van der Waals surface area contributed by atoms with Crippen molar-refractivity contribution < 1.29 is 24.2 Å². The summed E-state index contributed by atoms with van der Waals surface area (Å²) in [7, 11) is 0. The summed E-state index contributed by atoms with van der Waals surface area (Å²) in [5.41, 5.74) is 0. The Balaban J connectivity index is 2.26. The van der Waals surface area contributed by atoms with Crippen LogP contribution < -0.4 is 10.6 Å². The van der Waals surface area contributed by atoms with Crippen molar-refractivity contribution in [2.45, 2.75) is 39.2 Å². The summed E-state index contributed by atoms with van der Waals surface area (Å²) < 4.78 is 4.59. The van der Waals surface area contributed by atoms with E-state index in [9.17, 15) is 14.4 Å². The molecular formula is C13H22N2O5. The summed E-state index contributed by atoms with van der Waals surface area (Å²) in [6, 6.07) is -0.477. The van der Waals surface area contributed by atoms with E-state index < -0.39 is 31.1 Å². The maximum atomic E-state index is 11.6. The lowest BCUT2D eigenvalue weighted by Crippen LogP contribution is -2.46. The number of nitrogens with one attached hydrogen (secondary N) is 2. The zero-order valence-corrected chi connectivity index (χ0v) is 11.8. The quantitative estimate of drug-likeness (QED) is 0.668. The topological polar surface area (TPSA) is 105 Å². The van der Waals surface area contributed by atoms with Crippen molar-refractivity contribution in [3.63, 3.8) is 0 Å². The number of hydrogen-bond acceptors (Lipinski definition) is 4. The Morgan fingerprint density at radius 3 is 2.50 bits per heavy atom. The number of carbonyl (C=O) groups is 3. The largest absolute Gasteiger partial charge is 0.480 e. The highest BCUT2D eigenvalue weighted by Gasteiger charge is 2.32. The molecule has 0 aromatic carbocycles. The average Bonchev–Trinajstić information content (AvgIpc) is 2.69. The molecule has 20 heavy (non-hydrogen) atoms. The molecule has 7 heteroatoms. The van der Waals surface area contributed by atoms with Crippen LogP contribution in [0.1, 0.15) is 33.1 Å². The van der Waals surface area contributed by atoms with Crippen molar-refractivity contribution in [1.29, 1.82) is 0 Å². The summed E-state index contributed by atoms with van der Waals surface area (Å²) in [5, 5.41) is 13.2. The van der Waals surface area contributed by atoms with E-state index in [1.54, 1.807) is 0 Å². The molecule has 1 saturated carbocycles. The van der Waals surface area contributed by atoms with Gasteiger partial charge in [-0.05, 0) is 24.7 Å². The van der Waals surface area contributed by atoms with E-state index >= 15 is 0 Å². The fourth-order valence-electron chi connectivity index (χ4n) is 2.63. The molecule has 1 aliphatic rings. The molecule has 1 aliphatic carbocycles. The van der Waals surface area contributed by atoms with Gasteiger partial charge in [0.2, 0.25) is 0 Å². The number of amides is 3. The van der Waals surface area contributed by atoms with Gasteiger partial charge in [-0.2, -0.15) is 0 Å². The van der Waals surface area contributed by atoms with Gasteiger partial charge in [-0.25, -0.2) is 9.59 Å². The normalized spacial score (nSPS) is 25.2. The van der Waals surface area contributed by atoms with Gasteiger partial charge < -0.3 is 15.2 Å². The van der Waals surface area contributed by atoms with Crippen molar-refractivity contribution in [3.05, 3.63) is 0 Å². The van der Waals surface area contributed by atoms with E-state index in [-0.39, 0.29) is 6.04 Å². The first-order valence-corrected chi connectivity index (χ1v) is 6.83. The molecular weight excluding hydrogens is 264 g/mol. The van der Waals surface area contributed by atoms with Crippen LogP contribution in [0.15, 0.2) is 0 Å². The Morgan fingerprint density at radius 2 is 1.95 bits per heavy atom. The zero-order valence-electron chi connectivity index (χ0n) is 11.8. The van der Waals surface area contributed by atoms with Gasteiger partial charge in [-0.15, -0.1) is 0 Å². The number of aliphatic carboxylic acids is 1. The van der Waals surface area contributed by atoms with Gasteiger partial charge in [0.15, 0.2) is 0 Å². The second-order valence-corrected chi connectivity index (χ2v) is 5.12. The van der Waals surface area contributed by atoms with Crippen LogP contribution in [-0.4, -0.2) is 42.3 Å². The van der Waals surface area contributed by atoms with Crippen LogP contribution in [0.25, 0.3) is 0 Å². The van der Waals surface area contributed by atoms with E-state index in [1.807, 2.05) is 0 Å². The molecule has 114 valence electrons. The molecule has 0 heterocycles. The number of carboxylic acid groups (broad SMARTS) is 1. The van der Waals surface area contributed by atoms with Crippen LogP contribution in [0.4, 0.5) is 4.79 Å². The minimum atomic E-state index is -1.16. The minimum absolute atomic E-state index is 0.0766. The van der Waals surface area contributed by atoms with Crippen molar-refractivity contribution in [2.75, 3.05) is 13.2 Å². The number of carboxylic acids is 1. The standard InChI is InChI=1S/C13H22N2O5/c1-3-9-4-5-10(8(9)2)14-13(19)15-11(16)6-20-7-12(17)18/h8-10H,3-7H2,1-2H3,(H,17,18)(H2,14,15,16,19). The summed E-state index contributed by atoms with van der Waals surface area (Å²) >= 11 is 0. The molecule has 7 nitrogen and oxygen atoms in total. The molecule has 0 radical (unpaired) electrons. The van der Waals surface area contributed by atoms with Gasteiger partial charge >= 0.3 is 12.0 Å². The molecule has 3 amide bonds. The zero-order chi connectivity index (χ0) is 15.1. The van der Waals surface area contributed by atoms with E-state index in [4.69, 9.17) is 5.11 Å². The third kappa shape index (κ3) is 5.16. The minimum Gasteiger partial charge on any atom is -0.480 e. The molecule has 3 N–H and O–H groups in total. The number of hydrogen-bond donors (Lipinski definition) is 3. The van der Waals surface area contributed by atoms with Crippen molar-refractivity contribution in [3.8, 4) is 0 Å². The molecule has 0 bridgehead atoms. The van der Waals surface area contributed by atoms with Crippen LogP contribution in [0.2, 0.25) is 0 Å². The predicted octanol–water partition coefficient (Wildman–Crippen LogP) is 0.738.